The van der Waals surface area contributed by atoms with E-state index in [1.807, 2.05) is 12.1 Å². The molecular weight excluding hydrogens is 307 g/mol. The Kier molecular flexibility index (Phi) is 5.51. The van der Waals surface area contributed by atoms with Gasteiger partial charge in [-0.05, 0) is 37.3 Å². The van der Waals surface area contributed by atoms with Crippen LogP contribution in [0.5, 0.6) is 0 Å². The van der Waals surface area contributed by atoms with Gasteiger partial charge in [0.05, 0.1) is 6.61 Å². The number of carbonyl (C=O) groups excluding carboxylic acids is 1. The molecule has 1 heterocycles. The Balaban J connectivity index is 1.62. The number of carbonyl (C=O) groups is 1. The van der Waals surface area contributed by atoms with Crippen molar-refractivity contribution in [1.82, 2.24) is 10.2 Å². The normalized spacial score (nSPS) is 27.0. The molecule has 4 nitrogen and oxygen atoms in total. The highest BCUT2D eigenvalue weighted by Crippen LogP contribution is 2.50. The average Bonchev–Trinajstić information content (AvgIpc) is 3.17. The van der Waals surface area contributed by atoms with Gasteiger partial charge in [-0.3, -0.25) is 9.69 Å². The molecule has 2 fully saturated rings. The van der Waals surface area contributed by atoms with Crippen LogP contribution in [0.2, 0.25) is 0 Å². The summed E-state index contributed by atoms with van der Waals surface area (Å²) in [7, 11) is 1.64. The molecule has 0 aromatic heterocycles. The lowest BCUT2D eigenvalue weighted by Gasteiger charge is -2.30. The summed E-state index contributed by atoms with van der Waals surface area (Å²) in [6.07, 6.45) is 4.20. The van der Waals surface area contributed by atoms with Crippen molar-refractivity contribution in [3.05, 3.63) is 35.6 Å². The van der Waals surface area contributed by atoms with Crippen molar-refractivity contribution in [2.45, 2.75) is 32.2 Å². The van der Waals surface area contributed by atoms with E-state index in [0.29, 0.717) is 19.7 Å². The van der Waals surface area contributed by atoms with E-state index in [1.165, 1.54) is 6.07 Å². The minimum Gasteiger partial charge on any atom is -0.383 e. The second-order valence-corrected chi connectivity index (χ2v) is 7.14. The minimum atomic E-state index is -0.140. The van der Waals surface area contributed by atoms with Crippen LogP contribution >= 0.6 is 0 Å². The summed E-state index contributed by atoms with van der Waals surface area (Å²) in [5, 5.41) is 3.01. The molecule has 1 spiro atoms. The number of benzene rings is 1. The number of halogens is 1. The number of nitrogens with one attached hydrogen (secondary N) is 1. The van der Waals surface area contributed by atoms with E-state index < -0.39 is 0 Å². The van der Waals surface area contributed by atoms with Crippen LogP contribution in [-0.2, 0) is 16.1 Å². The number of amides is 1. The standard InChI is InChI=1S/C19H27FN2O2/c1-24-12-10-21-18(23)16-6-4-8-19(16)9-11-22(14-19)13-15-5-2-3-7-17(15)20/h2-3,5,7,16H,4,6,8-14H2,1H3,(H,21,23)/t16-,19-/m1/s1. The maximum atomic E-state index is 13.9. The predicted molar refractivity (Wildman–Crippen MR) is 91.0 cm³/mol. The predicted octanol–water partition coefficient (Wildman–Crippen LogP) is 2.58. The van der Waals surface area contributed by atoms with E-state index in [9.17, 15) is 9.18 Å². The Hall–Kier alpha value is -1.46. The van der Waals surface area contributed by atoms with E-state index in [1.54, 1.807) is 13.2 Å². The highest BCUT2D eigenvalue weighted by atomic mass is 19.1. The van der Waals surface area contributed by atoms with Crippen LogP contribution in [0.4, 0.5) is 4.39 Å². The molecule has 1 saturated carbocycles. The van der Waals surface area contributed by atoms with E-state index >= 15 is 0 Å². The Morgan fingerprint density at radius 3 is 3.04 bits per heavy atom. The van der Waals surface area contributed by atoms with Gasteiger partial charge in [-0.25, -0.2) is 4.39 Å². The summed E-state index contributed by atoms with van der Waals surface area (Å²) < 4.78 is 18.9. The van der Waals surface area contributed by atoms with Gasteiger partial charge in [0.15, 0.2) is 0 Å². The van der Waals surface area contributed by atoms with Gasteiger partial charge in [0.25, 0.3) is 0 Å². The highest BCUT2D eigenvalue weighted by molar-refractivity contribution is 5.80. The van der Waals surface area contributed by atoms with E-state index in [0.717, 1.165) is 44.3 Å². The van der Waals surface area contributed by atoms with Crippen molar-refractivity contribution < 1.29 is 13.9 Å². The molecule has 3 rings (SSSR count). The number of methoxy groups -OCH3 is 1. The molecule has 1 amide bonds. The molecule has 1 saturated heterocycles. The van der Waals surface area contributed by atoms with Gasteiger partial charge in [-0.1, -0.05) is 24.6 Å². The van der Waals surface area contributed by atoms with Crippen LogP contribution in [0.3, 0.4) is 0 Å². The lowest BCUT2D eigenvalue weighted by Crippen LogP contribution is -2.41. The Labute approximate surface area is 143 Å². The van der Waals surface area contributed by atoms with Gasteiger partial charge < -0.3 is 10.1 Å². The van der Waals surface area contributed by atoms with Crippen LogP contribution < -0.4 is 5.32 Å². The van der Waals surface area contributed by atoms with E-state index in [2.05, 4.69) is 10.2 Å². The van der Waals surface area contributed by atoms with Crippen molar-refractivity contribution >= 4 is 5.91 Å². The van der Waals surface area contributed by atoms with Gasteiger partial charge in [0.1, 0.15) is 5.82 Å². The number of nitrogens with zero attached hydrogens (tertiary/aromatic N) is 1. The molecule has 2 atom stereocenters. The smallest absolute Gasteiger partial charge is 0.223 e. The molecule has 2 aliphatic rings. The number of hydrogen-bond donors (Lipinski definition) is 1. The third kappa shape index (κ3) is 3.62. The number of rotatable bonds is 6. The molecule has 1 aliphatic heterocycles. The first-order chi connectivity index (χ1) is 11.6. The quantitative estimate of drug-likeness (QED) is 0.813. The summed E-state index contributed by atoms with van der Waals surface area (Å²) in [6.45, 7) is 3.58. The molecule has 1 aromatic carbocycles. The van der Waals surface area contributed by atoms with Crippen LogP contribution in [0.1, 0.15) is 31.2 Å². The zero-order valence-electron chi connectivity index (χ0n) is 14.4. The second-order valence-electron chi connectivity index (χ2n) is 7.14. The van der Waals surface area contributed by atoms with Gasteiger partial charge in [0.2, 0.25) is 5.91 Å². The molecule has 132 valence electrons. The Bertz CT molecular complexity index is 580. The largest absolute Gasteiger partial charge is 0.383 e. The number of ether oxygens (including phenoxy) is 1. The fourth-order valence-corrected chi connectivity index (χ4v) is 4.42. The SMILES string of the molecule is COCCNC(=O)[C@H]1CCC[C@]12CCN(Cc1ccccc1F)C2. The van der Waals surface area contributed by atoms with Crippen molar-refractivity contribution in [1.29, 1.82) is 0 Å². The molecule has 0 radical (unpaired) electrons. The fraction of sp³-hybridized carbons (Fsp3) is 0.632. The average molecular weight is 334 g/mol. The summed E-state index contributed by atoms with van der Waals surface area (Å²) in [5.41, 5.74) is 0.816. The van der Waals surface area contributed by atoms with Gasteiger partial charge in [0, 0.05) is 38.2 Å². The van der Waals surface area contributed by atoms with Crippen molar-refractivity contribution in [3.63, 3.8) is 0 Å². The van der Waals surface area contributed by atoms with Crippen molar-refractivity contribution in [2.75, 3.05) is 33.4 Å². The minimum absolute atomic E-state index is 0.0718. The highest BCUT2D eigenvalue weighted by Gasteiger charge is 2.50. The topological polar surface area (TPSA) is 41.6 Å². The fourth-order valence-electron chi connectivity index (χ4n) is 4.42. The lowest BCUT2D eigenvalue weighted by atomic mass is 9.76. The third-order valence-corrected chi connectivity index (χ3v) is 5.64. The molecule has 24 heavy (non-hydrogen) atoms. The Morgan fingerprint density at radius 2 is 2.25 bits per heavy atom. The molecular formula is C19H27FN2O2. The Morgan fingerprint density at radius 1 is 1.42 bits per heavy atom. The number of hydrogen-bond acceptors (Lipinski definition) is 3. The zero-order chi connectivity index (χ0) is 17.0. The van der Waals surface area contributed by atoms with Crippen LogP contribution in [0.15, 0.2) is 24.3 Å². The molecule has 1 aromatic rings. The number of likely N-dealkylation sites (tertiary alicyclic amines) is 1. The summed E-state index contributed by atoms with van der Waals surface area (Å²) in [4.78, 5) is 14.9. The van der Waals surface area contributed by atoms with Gasteiger partial charge in [-0.2, -0.15) is 0 Å². The van der Waals surface area contributed by atoms with Crippen LogP contribution in [0, 0.1) is 17.2 Å². The maximum Gasteiger partial charge on any atom is 0.223 e. The van der Waals surface area contributed by atoms with Crippen LogP contribution in [-0.4, -0.2) is 44.2 Å². The monoisotopic (exact) mass is 334 g/mol. The first-order valence-corrected chi connectivity index (χ1v) is 8.87. The van der Waals surface area contributed by atoms with E-state index in [-0.39, 0.29) is 23.1 Å². The molecule has 5 heteroatoms. The molecule has 0 bridgehead atoms. The third-order valence-electron chi connectivity index (χ3n) is 5.64. The summed E-state index contributed by atoms with van der Waals surface area (Å²) in [5.74, 6) is 0.107. The van der Waals surface area contributed by atoms with Crippen molar-refractivity contribution in [2.24, 2.45) is 11.3 Å². The maximum absolute atomic E-state index is 13.9. The summed E-state index contributed by atoms with van der Waals surface area (Å²) in [6, 6.07) is 6.97. The summed E-state index contributed by atoms with van der Waals surface area (Å²) >= 11 is 0. The lowest BCUT2D eigenvalue weighted by molar-refractivity contribution is -0.128. The van der Waals surface area contributed by atoms with Crippen molar-refractivity contribution in [3.8, 4) is 0 Å². The van der Waals surface area contributed by atoms with Crippen LogP contribution in [0.25, 0.3) is 0 Å². The second kappa shape index (κ2) is 7.62. The molecule has 0 unspecified atom stereocenters. The first-order valence-electron chi connectivity index (χ1n) is 8.87. The van der Waals surface area contributed by atoms with E-state index in [4.69, 9.17) is 4.74 Å². The molecule has 1 N–H and O–H groups in total. The molecule has 1 aliphatic carbocycles. The zero-order valence-corrected chi connectivity index (χ0v) is 14.4. The first kappa shape index (κ1) is 17.4. The van der Waals surface area contributed by atoms with Gasteiger partial charge in [-0.15, -0.1) is 0 Å². The van der Waals surface area contributed by atoms with Gasteiger partial charge >= 0.3 is 0 Å².